The molecule has 0 aliphatic carbocycles. The molecule has 1 amide bonds. The number of hydrogen-bond donors (Lipinski definition) is 2. The maximum Gasteiger partial charge on any atom is 0.330 e. The highest BCUT2D eigenvalue weighted by molar-refractivity contribution is 5.91. The van der Waals surface area contributed by atoms with Gasteiger partial charge < -0.3 is 10.4 Å². The average molecular weight is 219 g/mol. The van der Waals surface area contributed by atoms with Gasteiger partial charge in [0.1, 0.15) is 0 Å². The van der Waals surface area contributed by atoms with Gasteiger partial charge in [0.2, 0.25) is 5.91 Å². The van der Waals surface area contributed by atoms with Crippen LogP contribution in [0.5, 0.6) is 0 Å². The highest BCUT2D eigenvalue weighted by Crippen LogP contribution is 2.12. The van der Waals surface area contributed by atoms with Crippen molar-refractivity contribution in [2.75, 3.05) is 0 Å². The summed E-state index contributed by atoms with van der Waals surface area (Å²) in [5, 5.41) is 11.4. The van der Waals surface area contributed by atoms with Crippen molar-refractivity contribution in [1.82, 2.24) is 5.32 Å². The second kappa shape index (κ2) is 5.70. The lowest BCUT2D eigenvalue weighted by Gasteiger charge is -2.13. The van der Waals surface area contributed by atoms with Gasteiger partial charge in [0.05, 0.1) is 0 Å². The van der Waals surface area contributed by atoms with Crippen LogP contribution in [0.2, 0.25) is 0 Å². The summed E-state index contributed by atoms with van der Waals surface area (Å²) in [6.45, 7) is 1.69. The fourth-order valence-corrected chi connectivity index (χ4v) is 1.27. The molecule has 0 aliphatic rings. The molecule has 1 aromatic carbocycles. The number of allylic oxidation sites excluding steroid dienone is 1. The number of carboxylic acid groups (broad SMARTS) is 1. The first-order valence-corrected chi connectivity index (χ1v) is 4.86. The van der Waals surface area contributed by atoms with E-state index in [0.29, 0.717) is 5.56 Å². The molecule has 0 radical (unpaired) electrons. The Morgan fingerprint density at radius 3 is 2.44 bits per heavy atom. The molecule has 0 fully saturated rings. The SMILES string of the molecule is C/C=C/C(=O)N[C@@H](C(=O)O)c1ccccc1. The van der Waals surface area contributed by atoms with Crippen LogP contribution in [0.25, 0.3) is 0 Å². The van der Waals surface area contributed by atoms with Crippen molar-refractivity contribution in [3.8, 4) is 0 Å². The summed E-state index contributed by atoms with van der Waals surface area (Å²) >= 11 is 0. The number of carbonyl (C=O) groups is 2. The molecule has 84 valence electrons. The predicted octanol–water partition coefficient (Wildman–Crippen LogP) is 1.50. The molecule has 4 heteroatoms. The van der Waals surface area contributed by atoms with Crippen LogP contribution in [-0.2, 0) is 9.59 Å². The van der Waals surface area contributed by atoms with Gasteiger partial charge in [-0.1, -0.05) is 36.4 Å². The number of hydrogen-bond acceptors (Lipinski definition) is 2. The molecular formula is C12H13NO3. The van der Waals surface area contributed by atoms with E-state index in [1.807, 2.05) is 0 Å². The molecular weight excluding hydrogens is 206 g/mol. The zero-order chi connectivity index (χ0) is 12.0. The molecule has 16 heavy (non-hydrogen) atoms. The van der Waals surface area contributed by atoms with E-state index in [1.54, 1.807) is 43.3 Å². The summed E-state index contributed by atoms with van der Waals surface area (Å²) in [7, 11) is 0. The maximum atomic E-state index is 11.3. The summed E-state index contributed by atoms with van der Waals surface area (Å²) in [6.07, 6.45) is 2.85. The van der Waals surface area contributed by atoms with Crippen molar-refractivity contribution < 1.29 is 14.7 Å². The fraction of sp³-hybridized carbons (Fsp3) is 0.167. The molecule has 1 aromatic rings. The van der Waals surface area contributed by atoms with Crippen molar-refractivity contribution in [3.05, 3.63) is 48.0 Å². The molecule has 0 heterocycles. The molecule has 0 bridgehead atoms. The molecule has 0 saturated heterocycles. The number of aliphatic carboxylic acids is 1. The normalized spacial score (nSPS) is 12.3. The molecule has 0 aliphatic heterocycles. The quantitative estimate of drug-likeness (QED) is 0.754. The summed E-state index contributed by atoms with van der Waals surface area (Å²) in [5.74, 6) is -1.50. The van der Waals surface area contributed by atoms with E-state index in [9.17, 15) is 9.59 Å². The molecule has 0 saturated carbocycles. The number of amides is 1. The fourth-order valence-electron chi connectivity index (χ4n) is 1.27. The van der Waals surface area contributed by atoms with Crippen LogP contribution < -0.4 is 5.32 Å². The standard InChI is InChI=1S/C12H13NO3/c1-2-6-10(14)13-11(12(15)16)9-7-4-3-5-8-9/h2-8,11H,1H3,(H,13,14)(H,15,16)/b6-2+/t11-/m1/s1. The zero-order valence-electron chi connectivity index (χ0n) is 8.88. The molecule has 0 unspecified atom stereocenters. The smallest absolute Gasteiger partial charge is 0.330 e. The Labute approximate surface area is 93.6 Å². The lowest BCUT2D eigenvalue weighted by Crippen LogP contribution is -2.32. The summed E-state index contributed by atoms with van der Waals surface area (Å²) in [5.41, 5.74) is 0.549. The molecule has 0 aromatic heterocycles. The lowest BCUT2D eigenvalue weighted by molar-refractivity contribution is -0.141. The first-order valence-electron chi connectivity index (χ1n) is 4.86. The number of nitrogens with one attached hydrogen (secondary N) is 1. The van der Waals surface area contributed by atoms with Crippen molar-refractivity contribution in [3.63, 3.8) is 0 Å². The van der Waals surface area contributed by atoms with Gasteiger partial charge in [0.25, 0.3) is 0 Å². The van der Waals surface area contributed by atoms with Crippen molar-refractivity contribution >= 4 is 11.9 Å². The largest absolute Gasteiger partial charge is 0.479 e. The van der Waals surface area contributed by atoms with Gasteiger partial charge in [-0.15, -0.1) is 0 Å². The second-order valence-electron chi connectivity index (χ2n) is 3.19. The number of rotatable bonds is 4. The first kappa shape index (κ1) is 12.0. The van der Waals surface area contributed by atoms with E-state index in [-0.39, 0.29) is 0 Å². The predicted molar refractivity (Wildman–Crippen MR) is 59.8 cm³/mol. The highest BCUT2D eigenvalue weighted by Gasteiger charge is 2.20. The Morgan fingerprint density at radius 2 is 1.94 bits per heavy atom. The Balaban J connectivity index is 2.85. The van der Waals surface area contributed by atoms with E-state index < -0.39 is 17.9 Å². The van der Waals surface area contributed by atoms with Crippen LogP contribution in [-0.4, -0.2) is 17.0 Å². The van der Waals surface area contributed by atoms with Crippen LogP contribution in [0.3, 0.4) is 0 Å². The van der Waals surface area contributed by atoms with Gasteiger partial charge in [-0.3, -0.25) is 4.79 Å². The summed E-state index contributed by atoms with van der Waals surface area (Å²) in [6, 6.07) is 7.56. The van der Waals surface area contributed by atoms with Crippen LogP contribution >= 0.6 is 0 Å². The number of carboxylic acids is 1. The van der Waals surface area contributed by atoms with Gasteiger partial charge in [-0.05, 0) is 18.6 Å². The molecule has 4 nitrogen and oxygen atoms in total. The topological polar surface area (TPSA) is 66.4 Å². The second-order valence-corrected chi connectivity index (χ2v) is 3.19. The Hall–Kier alpha value is -2.10. The van der Waals surface area contributed by atoms with E-state index in [1.165, 1.54) is 6.08 Å². The van der Waals surface area contributed by atoms with Gasteiger partial charge >= 0.3 is 5.97 Å². The van der Waals surface area contributed by atoms with E-state index >= 15 is 0 Å². The van der Waals surface area contributed by atoms with Gasteiger partial charge in [0.15, 0.2) is 6.04 Å². The average Bonchev–Trinajstić information content (AvgIpc) is 2.27. The van der Waals surface area contributed by atoms with Gasteiger partial charge in [-0.25, -0.2) is 4.79 Å². The molecule has 1 atom stereocenters. The zero-order valence-corrected chi connectivity index (χ0v) is 8.88. The third kappa shape index (κ3) is 3.24. The minimum absolute atomic E-state index is 0.418. The summed E-state index contributed by atoms with van der Waals surface area (Å²) < 4.78 is 0. The van der Waals surface area contributed by atoms with Crippen LogP contribution in [0.1, 0.15) is 18.5 Å². The van der Waals surface area contributed by atoms with Crippen molar-refractivity contribution in [1.29, 1.82) is 0 Å². The van der Waals surface area contributed by atoms with E-state index in [0.717, 1.165) is 0 Å². The van der Waals surface area contributed by atoms with E-state index in [2.05, 4.69) is 5.32 Å². The first-order chi connectivity index (χ1) is 7.65. The van der Waals surface area contributed by atoms with Crippen molar-refractivity contribution in [2.45, 2.75) is 13.0 Å². The minimum Gasteiger partial charge on any atom is -0.479 e. The van der Waals surface area contributed by atoms with Crippen LogP contribution in [0.15, 0.2) is 42.5 Å². The Kier molecular flexibility index (Phi) is 4.27. The third-order valence-electron chi connectivity index (χ3n) is 1.98. The van der Waals surface area contributed by atoms with Gasteiger partial charge in [-0.2, -0.15) is 0 Å². The van der Waals surface area contributed by atoms with Crippen LogP contribution in [0, 0.1) is 0 Å². The van der Waals surface area contributed by atoms with E-state index in [4.69, 9.17) is 5.11 Å². The van der Waals surface area contributed by atoms with Crippen molar-refractivity contribution in [2.24, 2.45) is 0 Å². The van der Waals surface area contributed by atoms with Gasteiger partial charge in [0, 0.05) is 0 Å². The third-order valence-corrected chi connectivity index (χ3v) is 1.98. The Bertz CT molecular complexity index is 398. The monoisotopic (exact) mass is 219 g/mol. The molecule has 0 spiro atoms. The lowest BCUT2D eigenvalue weighted by atomic mass is 10.1. The number of carbonyl (C=O) groups excluding carboxylic acids is 1. The molecule has 1 rings (SSSR count). The summed E-state index contributed by atoms with van der Waals surface area (Å²) in [4.78, 5) is 22.3. The van der Waals surface area contributed by atoms with Crippen LogP contribution in [0.4, 0.5) is 0 Å². The minimum atomic E-state index is -1.08. The maximum absolute atomic E-state index is 11.3. The number of benzene rings is 1. The molecule has 2 N–H and O–H groups in total. The highest BCUT2D eigenvalue weighted by atomic mass is 16.4. The Morgan fingerprint density at radius 1 is 1.31 bits per heavy atom.